The van der Waals surface area contributed by atoms with Crippen molar-refractivity contribution in [3.8, 4) is 5.75 Å². The molecule has 0 spiro atoms. The van der Waals surface area contributed by atoms with Gasteiger partial charge in [0.15, 0.2) is 0 Å². The van der Waals surface area contributed by atoms with Crippen LogP contribution in [0.1, 0.15) is 18.0 Å². The summed E-state index contributed by atoms with van der Waals surface area (Å²) >= 11 is 0. The molecular formula is C10H15FN2O. The van der Waals surface area contributed by atoms with Crippen LogP contribution < -0.4 is 16.2 Å². The van der Waals surface area contributed by atoms with Gasteiger partial charge in [0.25, 0.3) is 0 Å². The monoisotopic (exact) mass is 198 g/mol. The molecule has 1 atom stereocenters. The number of hydrogen-bond donors (Lipinski definition) is 2. The average molecular weight is 198 g/mol. The molecular weight excluding hydrogens is 183 g/mol. The van der Waals surface area contributed by atoms with E-state index < -0.39 is 0 Å². The van der Waals surface area contributed by atoms with Crippen LogP contribution in [0.2, 0.25) is 0 Å². The first-order valence-electron chi connectivity index (χ1n) is 4.48. The number of hydrogen-bond acceptors (Lipinski definition) is 3. The zero-order chi connectivity index (χ0) is 10.6. The van der Waals surface area contributed by atoms with Crippen LogP contribution in [0.5, 0.6) is 5.75 Å². The molecule has 1 aromatic carbocycles. The van der Waals surface area contributed by atoms with Gasteiger partial charge in [-0.3, -0.25) is 0 Å². The Kier molecular flexibility index (Phi) is 3.85. The van der Waals surface area contributed by atoms with E-state index in [2.05, 4.69) is 0 Å². The van der Waals surface area contributed by atoms with E-state index in [9.17, 15) is 4.39 Å². The van der Waals surface area contributed by atoms with Gasteiger partial charge < -0.3 is 16.2 Å². The van der Waals surface area contributed by atoms with Gasteiger partial charge in [-0.25, -0.2) is 4.39 Å². The van der Waals surface area contributed by atoms with E-state index in [0.717, 1.165) is 0 Å². The fourth-order valence-corrected chi connectivity index (χ4v) is 1.27. The van der Waals surface area contributed by atoms with Crippen LogP contribution in [0.3, 0.4) is 0 Å². The van der Waals surface area contributed by atoms with Crippen LogP contribution in [-0.4, -0.2) is 13.7 Å². The normalized spacial score (nSPS) is 12.6. The number of ether oxygens (including phenoxy) is 1. The molecule has 0 heterocycles. The molecule has 0 aromatic heterocycles. The summed E-state index contributed by atoms with van der Waals surface area (Å²) in [5, 5.41) is 0. The van der Waals surface area contributed by atoms with Crippen molar-refractivity contribution in [2.45, 2.75) is 12.5 Å². The number of methoxy groups -OCH3 is 1. The molecule has 14 heavy (non-hydrogen) atoms. The van der Waals surface area contributed by atoms with Gasteiger partial charge in [0.05, 0.1) is 7.11 Å². The molecule has 0 aliphatic rings. The highest BCUT2D eigenvalue weighted by atomic mass is 19.1. The Morgan fingerprint density at radius 3 is 2.71 bits per heavy atom. The summed E-state index contributed by atoms with van der Waals surface area (Å²) in [4.78, 5) is 0. The molecule has 0 aliphatic carbocycles. The summed E-state index contributed by atoms with van der Waals surface area (Å²) in [5.74, 6) is 0.150. The van der Waals surface area contributed by atoms with Crippen molar-refractivity contribution in [1.82, 2.24) is 0 Å². The molecule has 0 saturated carbocycles. The van der Waals surface area contributed by atoms with Crippen LogP contribution in [0.25, 0.3) is 0 Å². The molecule has 1 rings (SSSR count). The SMILES string of the molecule is COc1ccc([C@@H](N)CCN)c(F)c1. The second-order valence-corrected chi connectivity index (χ2v) is 3.07. The Labute approximate surface area is 82.9 Å². The van der Waals surface area contributed by atoms with Crippen molar-refractivity contribution in [3.05, 3.63) is 29.6 Å². The van der Waals surface area contributed by atoms with Gasteiger partial charge in [-0.15, -0.1) is 0 Å². The van der Waals surface area contributed by atoms with Crippen molar-refractivity contribution in [2.75, 3.05) is 13.7 Å². The fourth-order valence-electron chi connectivity index (χ4n) is 1.27. The second-order valence-electron chi connectivity index (χ2n) is 3.07. The third-order valence-corrected chi connectivity index (χ3v) is 2.08. The molecule has 0 fully saturated rings. The van der Waals surface area contributed by atoms with Gasteiger partial charge in [-0.2, -0.15) is 0 Å². The van der Waals surface area contributed by atoms with Crippen LogP contribution in [-0.2, 0) is 0 Å². The van der Waals surface area contributed by atoms with E-state index in [1.165, 1.54) is 13.2 Å². The van der Waals surface area contributed by atoms with E-state index in [1.54, 1.807) is 12.1 Å². The van der Waals surface area contributed by atoms with Crippen LogP contribution in [0.15, 0.2) is 18.2 Å². The molecule has 0 saturated heterocycles. The van der Waals surface area contributed by atoms with Gasteiger partial charge in [0.1, 0.15) is 11.6 Å². The van der Waals surface area contributed by atoms with Gasteiger partial charge in [0, 0.05) is 17.7 Å². The van der Waals surface area contributed by atoms with Gasteiger partial charge in [-0.1, -0.05) is 6.07 Å². The number of nitrogens with two attached hydrogens (primary N) is 2. The van der Waals surface area contributed by atoms with E-state index >= 15 is 0 Å². The summed E-state index contributed by atoms with van der Waals surface area (Å²) in [6.45, 7) is 0.451. The lowest BCUT2D eigenvalue weighted by atomic mass is 10.0. The topological polar surface area (TPSA) is 61.3 Å². The van der Waals surface area contributed by atoms with Gasteiger partial charge >= 0.3 is 0 Å². The number of benzene rings is 1. The maximum absolute atomic E-state index is 13.4. The summed E-state index contributed by atoms with van der Waals surface area (Å²) in [7, 11) is 1.49. The van der Waals surface area contributed by atoms with Crippen LogP contribution in [0.4, 0.5) is 4.39 Å². The molecule has 0 bridgehead atoms. The molecule has 4 heteroatoms. The second kappa shape index (κ2) is 4.93. The molecule has 0 amide bonds. The average Bonchev–Trinajstić information content (AvgIpc) is 2.17. The molecule has 78 valence electrons. The van der Waals surface area contributed by atoms with Crippen molar-refractivity contribution in [3.63, 3.8) is 0 Å². The van der Waals surface area contributed by atoms with E-state index in [0.29, 0.717) is 24.3 Å². The minimum atomic E-state index is -0.342. The predicted molar refractivity (Wildman–Crippen MR) is 53.6 cm³/mol. The molecule has 0 unspecified atom stereocenters. The standard InChI is InChI=1S/C10H15FN2O/c1-14-7-2-3-8(9(11)6-7)10(13)4-5-12/h2-3,6,10H,4-5,12-13H2,1H3/t10-/m0/s1. The number of rotatable bonds is 4. The molecule has 0 radical (unpaired) electrons. The summed E-state index contributed by atoms with van der Waals surface area (Å²) < 4.78 is 18.3. The highest BCUT2D eigenvalue weighted by Gasteiger charge is 2.11. The van der Waals surface area contributed by atoms with E-state index in [4.69, 9.17) is 16.2 Å². The highest BCUT2D eigenvalue weighted by molar-refractivity contribution is 5.30. The summed E-state index contributed by atoms with van der Waals surface area (Å²) in [5.41, 5.74) is 11.6. The maximum Gasteiger partial charge on any atom is 0.131 e. The first-order valence-corrected chi connectivity index (χ1v) is 4.48. The largest absolute Gasteiger partial charge is 0.497 e. The minimum Gasteiger partial charge on any atom is -0.497 e. The Balaban J connectivity index is 2.88. The fraction of sp³-hybridized carbons (Fsp3) is 0.400. The van der Waals surface area contributed by atoms with Crippen molar-refractivity contribution < 1.29 is 9.13 Å². The zero-order valence-corrected chi connectivity index (χ0v) is 8.16. The van der Waals surface area contributed by atoms with E-state index in [1.807, 2.05) is 0 Å². The van der Waals surface area contributed by atoms with Crippen molar-refractivity contribution in [2.24, 2.45) is 11.5 Å². The molecule has 3 nitrogen and oxygen atoms in total. The Morgan fingerprint density at radius 2 is 2.21 bits per heavy atom. The minimum absolute atomic E-state index is 0.342. The Hall–Kier alpha value is -1.13. The molecule has 0 aliphatic heterocycles. The van der Waals surface area contributed by atoms with Crippen molar-refractivity contribution >= 4 is 0 Å². The smallest absolute Gasteiger partial charge is 0.131 e. The van der Waals surface area contributed by atoms with Gasteiger partial charge in [-0.05, 0) is 19.0 Å². The summed E-state index contributed by atoms with van der Waals surface area (Å²) in [6, 6.07) is 4.31. The van der Waals surface area contributed by atoms with Gasteiger partial charge in [0.2, 0.25) is 0 Å². The third kappa shape index (κ3) is 2.43. The summed E-state index contributed by atoms with van der Waals surface area (Å²) in [6.07, 6.45) is 0.573. The first kappa shape index (κ1) is 10.9. The predicted octanol–water partition coefficient (Wildman–Crippen LogP) is 1.18. The highest BCUT2D eigenvalue weighted by Crippen LogP contribution is 2.21. The van der Waals surface area contributed by atoms with Crippen LogP contribution in [0, 0.1) is 5.82 Å². The molecule has 4 N–H and O–H groups in total. The first-order chi connectivity index (χ1) is 6.69. The Morgan fingerprint density at radius 1 is 1.50 bits per heavy atom. The van der Waals surface area contributed by atoms with Crippen LogP contribution >= 0.6 is 0 Å². The molecule has 1 aromatic rings. The number of halogens is 1. The third-order valence-electron chi connectivity index (χ3n) is 2.08. The quantitative estimate of drug-likeness (QED) is 0.763. The van der Waals surface area contributed by atoms with E-state index in [-0.39, 0.29) is 11.9 Å². The lowest BCUT2D eigenvalue weighted by molar-refractivity contribution is 0.410. The lowest BCUT2D eigenvalue weighted by Crippen LogP contribution is -2.16. The zero-order valence-electron chi connectivity index (χ0n) is 8.16. The Bertz CT molecular complexity index is 304. The maximum atomic E-state index is 13.4. The van der Waals surface area contributed by atoms with Crippen molar-refractivity contribution in [1.29, 1.82) is 0 Å². The lowest BCUT2D eigenvalue weighted by Gasteiger charge is -2.12.